The lowest BCUT2D eigenvalue weighted by Gasteiger charge is -2.38. The molecule has 30 heavy (non-hydrogen) atoms. The van der Waals surface area contributed by atoms with E-state index in [1.165, 1.54) is 16.3 Å². The summed E-state index contributed by atoms with van der Waals surface area (Å²) >= 11 is 0. The van der Waals surface area contributed by atoms with Crippen LogP contribution in [0.25, 0.3) is 10.8 Å². The van der Waals surface area contributed by atoms with E-state index < -0.39 is 0 Å². The zero-order valence-electron chi connectivity index (χ0n) is 17.8. The third-order valence-electron chi connectivity index (χ3n) is 6.25. The molecule has 6 nitrogen and oxygen atoms in total. The molecule has 2 aliphatic rings. The fraction of sp³-hybridized carbons (Fsp3) is 0.500. The summed E-state index contributed by atoms with van der Waals surface area (Å²) in [6, 6.07) is 15.0. The van der Waals surface area contributed by atoms with E-state index in [4.69, 9.17) is 4.74 Å². The zero-order valence-corrected chi connectivity index (χ0v) is 17.8. The summed E-state index contributed by atoms with van der Waals surface area (Å²) in [5.41, 5.74) is 1.32. The number of ether oxygens (including phenoxy) is 1. The van der Waals surface area contributed by atoms with Gasteiger partial charge in [-0.1, -0.05) is 42.5 Å². The van der Waals surface area contributed by atoms with Crippen LogP contribution < -0.4 is 0 Å². The van der Waals surface area contributed by atoms with Crippen molar-refractivity contribution in [2.75, 3.05) is 45.9 Å². The molecule has 0 spiro atoms. The standard InChI is InChI=1S/C24H31N3O3/c1-2-30-24(29)27-15-13-26(14-16-27)23(28)21-10-6-12-25(18-21)17-20-9-5-8-19-7-3-4-11-22(19)20/h3-5,7-9,11,21H,2,6,10,12-18H2,1H3. The molecule has 2 fully saturated rings. The number of piperazine rings is 1. The van der Waals surface area contributed by atoms with Crippen molar-refractivity contribution in [2.24, 2.45) is 5.92 Å². The summed E-state index contributed by atoms with van der Waals surface area (Å²) in [7, 11) is 0. The minimum atomic E-state index is -0.275. The van der Waals surface area contributed by atoms with Gasteiger partial charge in [0.2, 0.25) is 5.91 Å². The molecule has 1 atom stereocenters. The fourth-order valence-corrected chi connectivity index (χ4v) is 4.65. The number of fused-ring (bicyclic) bond motifs is 1. The van der Waals surface area contributed by atoms with Gasteiger partial charge in [0.25, 0.3) is 0 Å². The first-order valence-electron chi connectivity index (χ1n) is 11.0. The summed E-state index contributed by atoms with van der Waals surface area (Å²) in [4.78, 5) is 31.1. The van der Waals surface area contributed by atoms with Crippen LogP contribution in [0.2, 0.25) is 0 Å². The number of rotatable bonds is 4. The van der Waals surface area contributed by atoms with E-state index in [2.05, 4.69) is 47.4 Å². The summed E-state index contributed by atoms with van der Waals surface area (Å²) in [5, 5.41) is 2.56. The smallest absolute Gasteiger partial charge is 0.409 e. The molecule has 2 aromatic carbocycles. The first-order valence-corrected chi connectivity index (χ1v) is 11.0. The lowest BCUT2D eigenvalue weighted by molar-refractivity contribution is -0.139. The van der Waals surface area contributed by atoms with Crippen LogP contribution >= 0.6 is 0 Å². The summed E-state index contributed by atoms with van der Waals surface area (Å²) < 4.78 is 5.07. The summed E-state index contributed by atoms with van der Waals surface area (Å²) in [6.07, 6.45) is 1.72. The number of carbonyl (C=O) groups excluding carboxylic acids is 2. The first kappa shape index (κ1) is 20.7. The van der Waals surface area contributed by atoms with Crippen LogP contribution in [0.1, 0.15) is 25.3 Å². The van der Waals surface area contributed by atoms with Gasteiger partial charge < -0.3 is 14.5 Å². The molecule has 2 saturated heterocycles. The number of piperidine rings is 1. The molecule has 2 heterocycles. The van der Waals surface area contributed by atoms with Gasteiger partial charge in [-0.15, -0.1) is 0 Å². The lowest BCUT2D eigenvalue weighted by atomic mass is 9.95. The van der Waals surface area contributed by atoms with Gasteiger partial charge in [0.15, 0.2) is 0 Å². The van der Waals surface area contributed by atoms with Gasteiger partial charge in [-0.05, 0) is 42.6 Å². The number of benzene rings is 2. The van der Waals surface area contributed by atoms with E-state index in [-0.39, 0.29) is 17.9 Å². The van der Waals surface area contributed by atoms with E-state index in [0.29, 0.717) is 32.8 Å². The van der Waals surface area contributed by atoms with Crippen molar-refractivity contribution in [3.63, 3.8) is 0 Å². The van der Waals surface area contributed by atoms with Crippen LogP contribution in [0.15, 0.2) is 42.5 Å². The van der Waals surface area contributed by atoms with Crippen molar-refractivity contribution in [2.45, 2.75) is 26.3 Å². The molecule has 0 aliphatic carbocycles. The van der Waals surface area contributed by atoms with Crippen LogP contribution in [0, 0.1) is 5.92 Å². The summed E-state index contributed by atoms with van der Waals surface area (Å²) in [6.45, 7) is 7.20. The van der Waals surface area contributed by atoms with Crippen LogP contribution in [-0.2, 0) is 16.1 Å². The van der Waals surface area contributed by atoms with Crippen molar-refractivity contribution in [3.05, 3.63) is 48.0 Å². The number of hydrogen-bond acceptors (Lipinski definition) is 4. The van der Waals surface area contributed by atoms with Gasteiger partial charge in [-0.3, -0.25) is 9.69 Å². The molecule has 2 aliphatic heterocycles. The average molecular weight is 410 g/mol. The maximum absolute atomic E-state index is 13.1. The Hall–Kier alpha value is -2.60. The Kier molecular flexibility index (Phi) is 6.53. The molecule has 4 rings (SSSR count). The van der Waals surface area contributed by atoms with Crippen molar-refractivity contribution >= 4 is 22.8 Å². The van der Waals surface area contributed by atoms with E-state index in [9.17, 15) is 9.59 Å². The van der Waals surface area contributed by atoms with Gasteiger partial charge in [0.1, 0.15) is 0 Å². The highest BCUT2D eigenvalue weighted by Crippen LogP contribution is 2.24. The Morgan fingerprint density at radius 2 is 1.70 bits per heavy atom. The molecule has 2 amide bonds. The molecule has 0 saturated carbocycles. The number of nitrogens with zero attached hydrogens (tertiary/aromatic N) is 3. The average Bonchev–Trinajstić information content (AvgIpc) is 2.79. The molecule has 0 bridgehead atoms. The monoisotopic (exact) mass is 409 g/mol. The largest absolute Gasteiger partial charge is 0.450 e. The van der Waals surface area contributed by atoms with E-state index in [1.807, 2.05) is 11.8 Å². The predicted molar refractivity (Wildman–Crippen MR) is 117 cm³/mol. The van der Waals surface area contributed by atoms with E-state index >= 15 is 0 Å². The van der Waals surface area contributed by atoms with Gasteiger partial charge in [0, 0.05) is 39.3 Å². The summed E-state index contributed by atoms with van der Waals surface area (Å²) in [5.74, 6) is 0.281. The third kappa shape index (κ3) is 4.59. The minimum Gasteiger partial charge on any atom is -0.450 e. The molecule has 0 N–H and O–H groups in total. The molecule has 1 unspecified atom stereocenters. The predicted octanol–water partition coefficient (Wildman–Crippen LogP) is 3.35. The van der Waals surface area contributed by atoms with Crippen LogP contribution in [0.4, 0.5) is 4.79 Å². The Labute approximate surface area is 178 Å². The number of amides is 2. The maximum atomic E-state index is 13.1. The van der Waals surface area contributed by atoms with Gasteiger partial charge >= 0.3 is 6.09 Å². The normalized spacial score (nSPS) is 20.4. The number of carbonyl (C=O) groups is 2. The maximum Gasteiger partial charge on any atom is 0.409 e. The van der Waals surface area contributed by atoms with Crippen molar-refractivity contribution in [1.29, 1.82) is 0 Å². The first-order chi connectivity index (χ1) is 14.7. The quantitative estimate of drug-likeness (QED) is 0.777. The van der Waals surface area contributed by atoms with Crippen molar-refractivity contribution in [1.82, 2.24) is 14.7 Å². The molecule has 0 aromatic heterocycles. The number of hydrogen-bond donors (Lipinski definition) is 0. The SMILES string of the molecule is CCOC(=O)N1CCN(C(=O)C2CCCN(Cc3cccc4ccccc34)C2)CC1. The lowest BCUT2D eigenvalue weighted by Crippen LogP contribution is -2.53. The Morgan fingerprint density at radius 1 is 0.967 bits per heavy atom. The van der Waals surface area contributed by atoms with Crippen molar-refractivity contribution in [3.8, 4) is 0 Å². The van der Waals surface area contributed by atoms with E-state index in [0.717, 1.165) is 32.5 Å². The molecule has 6 heteroatoms. The molecule has 160 valence electrons. The number of likely N-dealkylation sites (tertiary alicyclic amines) is 1. The Morgan fingerprint density at radius 3 is 2.50 bits per heavy atom. The highest BCUT2D eigenvalue weighted by molar-refractivity contribution is 5.85. The Balaban J connectivity index is 1.35. The minimum absolute atomic E-state index is 0.0443. The Bertz CT molecular complexity index is 887. The van der Waals surface area contributed by atoms with E-state index in [1.54, 1.807) is 4.90 Å². The third-order valence-corrected chi connectivity index (χ3v) is 6.25. The van der Waals surface area contributed by atoms with Gasteiger partial charge in [-0.2, -0.15) is 0 Å². The second kappa shape index (κ2) is 9.47. The molecular formula is C24H31N3O3. The highest BCUT2D eigenvalue weighted by Gasteiger charge is 2.32. The van der Waals surface area contributed by atoms with Crippen LogP contribution in [0.5, 0.6) is 0 Å². The molecule has 2 aromatic rings. The second-order valence-corrected chi connectivity index (χ2v) is 8.22. The van der Waals surface area contributed by atoms with Crippen LogP contribution in [-0.4, -0.2) is 72.6 Å². The van der Waals surface area contributed by atoms with Crippen molar-refractivity contribution < 1.29 is 14.3 Å². The zero-order chi connectivity index (χ0) is 20.9. The second-order valence-electron chi connectivity index (χ2n) is 8.22. The van der Waals surface area contributed by atoms with Gasteiger partial charge in [-0.25, -0.2) is 4.79 Å². The van der Waals surface area contributed by atoms with Crippen LogP contribution in [0.3, 0.4) is 0 Å². The van der Waals surface area contributed by atoms with Gasteiger partial charge in [0.05, 0.1) is 12.5 Å². The molecule has 0 radical (unpaired) electrons. The highest BCUT2D eigenvalue weighted by atomic mass is 16.6. The topological polar surface area (TPSA) is 53.1 Å². The fourth-order valence-electron chi connectivity index (χ4n) is 4.65. The molecular weight excluding hydrogens is 378 g/mol.